The fourth-order valence-corrected chi connectivity index (χ4v) is 4.34. The van der Waals surface area contributed by atoms with Gasteiger partial charge in [-0.15, -0.1) is 23.7 Å². The molecule has 0 fully saturated rings. The Morgan fingerprint density at radius 1 is 1.29 bits per heavy atom. The Morgan fingerprint density at radius 3 is 2.76 bits per heavy atom. The minimum absolute atomic E-state index is 0. The lowest BCUT2D eigenvalue weighted by atomic mass is 10.1. The lowest BCUT2D eigenvalue weighted by Gasteiger charge is -2.30. The molecule has 1 aromatic heterocycles. The normalized spacial score (nSPS) is 18.0. The first kappa shape index (κ1) is 17.4. The van der Waals surface area contributed by atoms with E-state index in [2.05, 4.69) is 33.9 Å². The standard InChI is InChI=1S/C14H12BrCl2NOS.ClH/c1-18-6-8-4-13(15)20-14(8)12(7-18)19-9-2-3-10(16)11(17)5-9;/h2-5,12H,6-7H2,1H3;1H. The summed E-state index contributed by atoms with van der Waals surface area (Å²) in [5, 5.41) is 1.06. The Morgan fingerprint density at radius 2 is 2.05 bits per heavy atom. The fraction of sp³-hybridized carbons (Fsp3) is 0.286. The number of hydrogen-bond donors (Lipinski definition) is 0. The van der Waals surface area contributed by atoms with Crippen LogP contribution in [0.15, 0.2) is 28.1 Å². The van der Waals surface area contributed by atoms with E-state index in [4.69, 9.17) is 27.9 Å². The maximum Gasteiger partial charge on any atom is 0.146 e. The zero-order valence-corrected chi connectivity index (χ0v) is 15.8. The van der Waals surface area contributed by atoms with Gasteiger partial charge in [-0.1, -0.05) is 23.2 Å². The van der Waals surface area contributed by atoms with Crippen LogP contribution in [0.5, 0.6) is 5.75 Å². The summed E-state index contributed by atoms with van der Waals surface area (Å²) in [5.74, 6) is 0.746. The molecule has 21 heavy (non-hydrogen) atoms. The van der Waals surface area contributed by atoms with Gasteiger partial charge in [-0.3, -0.25) is 4.90 Å². The molecule has 0 saturated carbocycles. The first-order valence-corrected chi connectivity index (χ1v) is 8.48. The second kappa shape index (κ2) is 7.07. The lowest BCUT2D eigenvalue weighted by molar-refractivity contribution is 0.132. The topological polar surface area (TPSA) is 12.5 Å². The number of fused-ring (bicyclic) bond motifs is 1. The Bertz CT molecular complexity index is 649. The van der Waals surface area contributed by atoms with Crippen molar-refractivity contribution in [1.82, 2.24) is 4.90 Å². The van der Waals surface area contributed by atoms with Gasteiger partial charge in [0.15, 0.2) is 0 Å². The predicted octanol–water partition coefficient (Wildman–Crippen LogP) is 5.80. The minimum Gasteiger partial charge on any atom is -0.483 e. The summed E-state index contributed by atoms with van der Waals surface area (Å²) < 4.78 is 7.25. The van der Waals surface area contributed by atoms with Crippen LogP contribution in [0.2, 0.25) is 10.0 Å². The molecular weight excluding hydrogens is 416 g/mol. The quantitative estimate of drug-likeness (QED) is 0.598. The molecule has 0 amide bonds. The summed E-state index contributed by atoms with van der Waals surface area (Å²) in [6, 6.07) is 7.55. The predicted molar refractivity (Wildman–Crippen MR) is 95.4 cm³/mol. The van der Waals surface area contributed by atoms with Crippen molar-refractivity contribution in [3.8, 4) is 5.75 Å². The van der Waals surface area contributed by atoms with Gasteiger partial charge in [0.1, 0.15) is 11.9 Å². The van der Waals surface area contributed by atoms with Gasteiger partial charge in [0.25, 0.3) is 0 Å². The number of likely N-dealkylation sites (N-methyl/N-ethyl adjacent to an activating group) is 1. The summed E-state index contributed by atoms with van der Waals surface area (Å²) >= 11 is 17.3. The summed E-state index contributed by atoms with van der Waals surface area (Å²) in [7, 11) is 2.10. The average Bonchev–Trinajstić information content (AvgIpc) is 2.74. The molecule has 2 aromatic rings. The van der Waals surface area contributed by atoms with Gasteiger partial charge < -0.3 is 4.74 Å². The van der Waals surface area contributed by atoms with Crippen LogP contribution in [0.4, 0.5) is 0 Å². The summed E-state index contributed by atoms with van der Waals surface area (Å²) in [4.78, 5) is 3.53. The first-order valence-electron chi connectivity index (χ1n) is 6.11. The van der Waals surface area contributed by atoms with Gasteiger partial charge in [0.05, 0.1) is 18.7 Å². The average molecular weight is 430 g/mol. The fourth-order valence-electron chi connectivity index (χ4n) is 2.33. The zero-order valence-electron chi connectivity index (χ0n) is 11.1. The third-order valence-electron chi connectivity index (χ3n) is 3.19. The van der Waals surface area contributed by atoms with E-state index in [9.17, 15) is 0 Å². The molecule has 0 N–H and O–H groups in total. The van der Waals surface area contributed by atoms with Crippen molar-refractivity contribution in [3.63, 3.8) is 0 Å². The van der Waals surface area contributed by atoms with E-state index in [0.29, 0.717) is 10.0 Å². The second-order valence-electron chi connectivity index (χ2n) is 4.82. The van der Waals surface area contributed by atoms with E-state index in [1.165, 1.54) is 10.4 Å². The highest BCUT2D eigenvalue weighted by Crippen LogP contribution is 2.39. The van der Waals surface area contributed by atoms with Crippen LogP contribution < -0.4 is 4.74 Å². The van der Waals surface area contributed by atoms with Gasteiger partial charge >= 0.3 is 0 Å². The van der Waals surface area contributed by atoms with E-state index in [0.717, 1.165) is 22.6 Å². The third-order valence-corrected chi connectivity index (χ3v) is 5.70. The second-order valence-corrected chi connectivity index (χ2v) is 8.10. The number of thiophene rings is 1. The molecule has 7 heteroatoms. The molecule has 0 spiro atoms. The Balaban J connectivity index is 0.00000161. The van der Waals surface area contributed by atoms with Gasteiger partial charge in [-0.05, 0) is 46.7 Å². The molecule has 0 bridgehead atoms. The molecule has 3 rings (SSSR count). The monoisotopic (exact) mass is 427 g/mol. The number of benzene rings is 1. The molecule has 114 valence electrons. The van der Waals surface area contributed by atoms with E-state index < -0.39 is 0 Å². The van der Waals surface area contributed by atoms with Crippen LogP contribution in [-0.2, 0) is 6.54 Å². The molecule has 2 heterocycles. The molecule has 1 aromatic carbocycles. The largest absolute Gasteiger partial charge is 0.483 e. The number of ether oxygens (including phenoxy) is 1. The van der Waals surface area contributed by atoms with Crippen molar-refractivity contribution < 1.29 is 4.74 Å². The van der Waals surface area contributed by atoms with Crippen LogP contribution in [0.25, 0.3) is 0 Å². The zero-order chi connectivity index (χ0) is 14.3. The van der Waals surface area contributed by atoms with Crippen molar-refractivity contribution in [2.24, 2.45) is 0 Å². The van der Waals surface area contributed by atoms with Crippen molar-refractivity contribution in [1.29, 1.82) is 0 Å². The number of hydrogen-bond acceptors (Lipinski definition) is 3. The molecule has 0 radical (unpaired) electrons. The van der Waals surface area contributed by atoms with Crippen molar-refractivity contribution in [2.45, 2.75) is 12.6 Å². The van der Waals surface area contributed by atoms with Gasteiger partial charge in [-0.25, -0.2) is 0 Å². The van der Waals surface area contributed by atoms with Crippen molar-refractivity contribution in [3.05, 3.63) is 48.5 Å². The third kappa shape index (κ3) is 3.87. The van der Waals surface area contributed by atoms with Crippen LogP contribution in [0.3, 0.4) is 0 Å². The summed E-state index contributed by atoms with van der Waals surface area (Å²) in [5.41, 5.74) is 1.32. The highest BCUT2D eigenvalue weighted by atomic mass is 79.9. The molecule has 1 atom stereocenters. The smallest absolute Gasteiger partial charge is 0.146 e. The Labute approximate surface area is 152 Å². The number of rotatable bonds is 2. The molecule has 0 aliphatic carbocycles. The van der Waals surface area contributed by atoms with Gasteiger partial charge in [-0.2, -0.15) is 0 Å². The highest BCUT2D eigenvalue weighted by molar-refractivity contribution is 9.11. The molecule has 1 unspecified atom stereocenters. The van der Waals surface area contributed by atoms with Crippen molar-refractivity contribution >= 4 is 62.9 Å². The molecule has 0 saturated heterocycles. The molecule has 1 aliphatic heterocycles. The van der Waals surface area contributed by atoms with Crippen LogP contribution in [0, 0.1) is 0 Å². The molecule has 2 nitrogen and oxygen atoms in total. The molecular formula is C14H13BrCl3NOS. The maximum absolute atomic E-state index is 6.11. The van der Waals surface area contributed by atoms with E-state index in [1.807, 2.05) is 6.07 Å². The van der Waals surface area contributed by atoms with Crippen LogP contribution in [-0.4, -0.2) is 18.5 Å². The first-order chi connectivity index (χ1) is 9.52. The lowest BCUT2D eigenvalue weighted by Crippen LogP contribution is -2.31. The van der Waals surface area contributed by atoms with E-state index in [-0.39, 0.29) is 18.5 Å². The maximum atomic E-state index is 6.11. The summed E-state index contributed by atoms with van der Waals surface area (Å²) in [6.07, 6.45) is 0.0253. The minimum atomic E-state index is 0. The SMILES string of the molecule is CN1Cc2cc(Br)sc2C(Oc2ccc(Cl)c(Cl)c2)C1.Cl. The van der Waals surface area contributed by atoms with Crippen LogP contribution in [0.1, 0.15) is 16.5 Å². The number of halogens is 4. The van der Waals surface area contributed by atoms with Gasteiger partial charge in [0, 0.05) is 19.2 Å². The van der Waals surface area contributed by atoms with Crippen molar-refractivity contribution in [2.75, 3.05) is 13.6 Å². The Kier molecular flexibility index (Phi) is 5.85. The van der Waals surface area contributed by atoms with Crippen LogP contribution >= 0.6 is 62.9 Å². The molecule has 1 aliphatic rings. The highest BCUT2D eigenvalue weighted by Gasteiger charge is 2.27. The van der Waals surface area contributed by atoms with E-state index in [1.54, 1.807) is 23.5 Å². The number of nitrogens with zero attached hydrogens (tertiary/aromatic N) is 1. The Hall–Kier alpha value is 0.0300. The van der Waals surface area contributed by atoms with Gasteiger partial charge in [0.2, 0.25) is 0 Å². The van der Waals surface area contributed by atoms with E-state index >= 15 is 0 Å². The summed E-state index contributed by atoms with van der Waals surface area (Å²) in [6.45, 7) is 1.82.